The first-order chi connectivity index (χ1) is 59.0. The fourth-order valence-corrected chi connectivity index (χ4v) is 23.7. The maximum absolute atomic E-state index is 5.67. The Morgan fingerprint density at radius 2 is 0.776 bits per heavy atom. The standard InChI is InChI=1S/C15H20.C12H16.2C10H20.2C9H16.3C9H18.C8H16.2C6H12.C5H8Cl2.C5H10.CH4/c1-11-5-7-13(8-6-11)9-10-14-12(2)15(14,3)4;1-3-10-9-12(10,2)11-7-5-4-6-8-11;1-4-10-8(2)6-5-7-9(10)3;1-2-3-7-10-8-5-4-6-9-10;2*1-5-7-8(6-2)9(7,3)4;2*1-3-9-6-4-8(2)5-7-9;1-2-6-9-7-4-3-5-8-9;1-2-8-6-4-3-5-7-8;1-5(2)6-3-4-6;1-3-6-4-5(6)2;1-2-4-3-5(4,6)7;1-2-5-3-4-5;/h5-10,12,14H,1-4H3;4-8,10H,3,9H2,1-2H3;8-10H,4-7H2,1-3H3;10H,2-9H2,1H3;2*5,7-8H,1,6H2,2-4H3;2*8-9H,3-7H2,1-2H3;9H,2-8H2,1H3;8H,2-7H2,1H3;2*5-6H,3-4H2,1-2H3;4H,2-3H2,1H3;5H,2-4H2,1H3;1H4. The predicted octanol–water partition coefficient (Wildman–Crippen LogP) is 42.5. The second kappa shape index (κ2) is 64.2. The number of unbranched alkanes of at least 4 members (excludes halogenated alkanes) is 1. The molecule has 0 amide bonds. The molecule has 0 radical (unpaired) electrons. The van der Waals surface area contributed by atoms with Crippen LogP contribution in [0.1, 0.15) is 519 Å². The molecule has 16 rings (SSSR count). The van der Waals surface area contributed by atoms with Crippen molar-refractivity contribution >= 4 is 29.3 Å². The molecule has 13 unspecified atom stereocenters. The number of hydrogen-bond donors (Lipinski definition) is 0. The van der Waals surface area contributed by atoms with Crippen molar-refractivity contribution in [2.24, 2.45) is 152 Å². The summed E-state index contributed by atoms with van der Waals surface area (Å²) < 4.78 is -0.339. The molecule has 0 spiro atoms. The zero-order valence-electron chi connectivity index (χ0n) is 88.9. The van der Waals surface area contributed by atoms with Crippen molar-refractivity contribution in [3.63, 3.8) is 0 Å². The molecular formula is C123H224Cl2. The highest BCUT2D eigenvalue weighted by Gasteiger charge is 2.56. The zero-order valence-corrected chi connectivity index (χ0v) is 90.4. The summed E-state index contributed by atoms with van der Waals surface area (Å²) in [5.74, 6) is 22.4. The molecule has 13 atom stereocenters. The van der Waals surface area contributed by atoms with Gasteiger partial charge in [-0.05, 0) is 208 Å². The van der Waals surface area contributed by atoms with E-state index in [4.69, 9.17) is 23.2 Å². The number of rotatable bonds is 21. The van der Waals surface area contributed by atoms with E-state index in [-0.39, 0.29) is 11.8 Å². The van der Waals surface area contributed by atoms with Crippen LogP contribution in [0.3, 0.4) is 0 Å². The number of halogens is 2. The molecule has 0 aromatic heterocycles. The second-order valence-corrected chi connectivity index (χ2v) is 48.0. The van der Waals surface area contributed by atoms with E-state index in [2.05, 4.69) is 286 Å². The molecule has 2 aromatic carbocycles. The van der Waals surface area contributed by atoms with Crippen LogP contribution in [0, 0.1) is 159 Å². The van der Waals surface area contributed by atoms with Gasteiger partial charge >= 0.3 is 0 Å². The van der Waals surface area contributed by atoms with Crippen molar-refractivity contribution in [2.75, 3.05) is 0 Å². The molecule has 125 heavy (non-hydrogen) atoms. The monoisotopic (exact) mass is 1770 g/mol. The van der Waals surface area contributed by atoms with Crippen LogP contribution in [-0.2, 0) is 5.41 Å². The van der Waals surface area contributed by atoms with Crippen molar-refractivity contribution in [1.82, 2.24) is 0 Å². The minimum absolute atomic E-state index is 0. The molecule has 14 saturated carbocycles. The van der Waals surface area contributed by atoms with E-state index in [1.54, 1.807) is 0 Å². The molecule has 14 aliphatic carbocycles. The average molecular weight is 1770 g/mol. The summed E-state index contributed by atoms with van der Waals surface area (Å²) in [7, 11) is 0. The van der Waals surface area contributed by atoms with Gasteiger partial charge < -0.3 is 0 Å². The first-order valence-electron chi connectivity index (χ1n) is 55.4. The molecule has 730 valence electrons. The summed E-state index contributed by atoms with van der Waals surface area (Å²) in [6, 6.07) is 19.6. The highest BCUT2D eigenvalue weighted by molar-refractivity contribution is 6.50. The second-order valence-electron chi connectivity index (χ2n) is 46.5. The third kappa shape index (κ3) is 47.8. The predicted molar refractivity (Wildman–Crippen MR) is 572 cm³/mol. The van der Waals surface area contributed by atoms with Crippen LogP contribution in [0.25, 0.3) is 6.08 Å². The topological polar surface area (TPSA) is 0 Å². The SMILES string of the molecule is C.C=CC1C(CC)C1(C)C.C=CC1C(CC)C1(C)C.CC(C)C1CC1.CCC1C(C)CCCC1C.CCC1CC1.CCC1CC1(C)c1ccccc1.CCC1CC1(Cl)Cl.CCC1CC1C.CCC1CCC(C)CC1.CCC1CCC(C)CC1.CCC1CCCCC1.CCCC1CCCCC1.CCCCC1CCCCC1.Cc1ccc(C=CC2C(C)C2(C)C)cc1. The van der Waals surface area contributed by atoms with E-state index in [1.165, 1.54) is 312 Å². The lowest BCUT2D eigenvalue weighted by Crippen LogP contribution is -2.23. The average Bonchev–Trinajstić information content (AvgIpc) is 1.58. The smallest absolute Gasteiger partial charge is 0.103 e. The van der Waals surface area contributed by atoms with Crippen molar-refractivity contribution in [2.45, 2.75) is 519 Å². The Balaban J connectivity index is 0.000000459. The van der Waals surface area contributed by atoms with Crippen LogP contribution < -0.4 is 0 Å². The Morgan fingerprint density at radius 3 is 1.02 bits per heavy atom. The van der Waals surface area contributed by atoms with E-state index in [1.807, 2.05) is 0 Å². The Kier molecular flexibility index (Phi) is 61.3. The molecule has 0 heterocycles. The van der Waals surface area contributed by atoms with Gasteiger partial charge in [0.1, 0.15) is 4.33 Å². The van der Waals surface area contributed by atoms with Crippen LogP contribution in [-0.4, -0.2) is 4.33 Å². The Labute approximate surface area is 798 Å². The van der Waals surface area contributed by atoms with Gasteiger partial charge in [0.2, 0.25) is 0 Å². The first kappa shape index (κ1) is 119. The molecule has 2 aromatic rings. The summed E-state index contributed by atoms with van der Waals surface area (Å²) in [6.45, 7) is 72.4. The molecule has 14 fully saturated rings. The van der Waals surface area contributed by atoms with Crippen LogP contribution in [0.5, 0.6) is 0 Å². The Bertz CT molecular complexity index is 2850. The first-order valence-corrected chi connectivity index (χ1v) is 56.2. The summed E-state index contributed by atoms with van der Waals surface area (Å²) in [5.41, 5.74) is 6.32. The van der Waals surface area contributed by atoms with E-state index in [9.17, 15) is 0 Å². The molecule has 0 bridgehead atoms. The van der Waals surface area contributed by atoms with Crippen LogP contribution in [0.2, 0.25) is 0 Å². The Hall–Kier alpha value is -1.76. The lowest BCUT2D eigenvalue weighted by molar-refractivity contribution is 0.174. The van der Waals surface area contributed by atoms with Gasteiger partial charge in [-0.3, -0.25) is 0 Å². The van der Waals surface area contributed by atoms with Crippen molar-refractivity contribution in [3.8, 4) is 0 Å². The van der Waals surface area contributed by atoms with Crippen molar-refractivity contribution in [1.29, 1.82) is 0 Å². The number of hydrogen-bond acceptors (Lipinski definition) is 0. The van der Waals surface area contributed by atoms with Gasteiger partial charge in [-0.2, -0.15) is 0 Å². The van der Waals surface area contributed by atoms with Crippen LogP contribution >= 0.6 is 23.2 Å². The van der Waals surface area contributed by atoms with Gasteiger partial charge in [0.15, 0.2) is 0 Å². The fraction of sp³-hybridized carbons (Fsp3) is 0.854. The molecule has 14 aliphatic rings. The third-order valence-corrected chi connectivity index (χ3v) is 36.1. The van der Waals surface area contributed by atoms with Gasteiger partial charge in [-0.25, -0.2) is 0 Å². The van der Waals surface area contributed by atoms with E-state index < -0.39 is 0 Å². The molecule has 0 nitrogen and oxygen atoms in total. The third-order valence-electron chi connectivity index (χ3n) is 35.2. The van der Waals surface area contributed by atoms with E-state index in [0.29, 0.717) is 27.6 Å². The summed E-state index contributed by atoms with van der Waals surface area (Å²) in [4.78, 5) is 0. The number of alkyl halides is 2. The highest BCUT2D eigenvalue weighted by Crippen LogP contribution is 2.62. The molecular weight excluding hydrogens is 1550 g/mol. The van der Waals surface area contributed by atoms with Crippen molar-refractivity contribution < 1.29 is 0 Å². The number of benzene rings is 2. The quantitative estimate of drug-likeness (QED) is 0.0863. The highest BCUT2D eigenvalue weighted by atomic mass is 35.5. The summed E-state index contributed by atoms with van der Waals surface area (Å²) in [5, 5.41) is 0. The van der Waals surface area contributed by atoms with Gasteiger partial charge in [-0.15, -0.1) is 36.4 Å². The Morgan fingerprint density at radius 1 is 0.392 bits per heavy atom. The maximum Gasteiger partial charge on any atom is 0.121 e. The van der Waals surface area contributed by atoms with Gasteiger partial charge in [0.25, 0.3) is 0 Å². The van der Waals surface area contributed by atoms with E-state index in [0.717, 1.165) is 143 Å². The largest absolute Gasteiger partial charge is 0.121 e. The minimum atomic E-state index is -0.339. The summed E-state index contributed by atoms with van der Waals surface area (Å²) in [6.07, 6.45) is 78.5. The minimum Gasteiger partial charge on any atom is -0.103 e. The van der Waals surface area contributed by atoms with Gasteiger partial charge in [0, 0.05) is 0 Å². The van der Waals surface area contributed by atoms with Crippen LogP contribution in [0.4, 0.5) is 0 Å². The lowest BCUT2D eigenvalue weighted by atomic mass is 9.72. The zero-order chi connectivity index (χ0) is 92.6. The molecule has 0 N–H and O–H groups in total. The number of aryl methyl sites for hydroxylation is 1. The van der Waals surface area contributed by atoms with Crippen LogP contribution in [0.15, 0.2) is 86.0 Å². The summed E-state index contributed by atoms with van der Waals surface area (Å²) >= 11 is 11.3. The molecule has 2 heteroatoms. The molecule has 0 saturated heterocycles. The maximum atomic E-state index is 5.67. The lowest BCUT2D eigenvalue weighted by Gasteiger charge is -2.33. The normalized spacial score (nSPS) is 31.6. The van der Waals surface area contributed by atoms with Crippen molar-refractivity contribution in [3.05, 3.63) is 103 Å². The van der Waals surface area contributed by atoms with Gasteiger partial charge in [-0.1, -0.05) is 555 Å². The number of allylic oxidation sites excluding steroid dienone is 3. The molecule has 0 aliphatic heterocycles. The van der Waals surface area contributed by atoms with Gasteiger partial charge in [0.05, 0.1) is 0 Å². The van der Waals surface area contributed by atoms with E-state index >= 15 is 0 Å². The fourth-order valence-electron chi connectivity index (χ4n) is 23.0.